The van der Waals surface area contributed by atoms with Gasteiger partial charge in [0, 0.05) is 29.3 Å². The Morgan fingerprint density at radius 2 is 2.29 bits per heavy atom. The highest BCUT2D eigenvalue weighted by molar-refractivity contribution is 9.10. The molecule has 0 fully saturated rings. The van der Waals surface area contributed by atoms with Crippen molar-refractivity contribution in [2.45, 2.75) is 13.5 Å². The van der Waals surface area contributed by atoms with E-state index >= 15 is 0 Å². The van der Waals surface area contributed by atoms with Gasteiger partial charge in [0.05, 0.1) is 6.54 Å². The number of aromatic nitrogens is 3. The summed E-state index contributed by atoms with van der Waals surface area (Å²) in [7, 11) is 0. The lowest BCUT2D eigenvalue weighted by Gasteiger charge is -2.04. The number of pyridine rings is 1. The molecule has 2 aromatic heterocycles. The van der Waals surface area contributed by atoms with Crippen LogP contribution in [0.25, 0.3) is 0 Å². The Bertz CT molecular complexity index is 436. The maximum Gasteiger partial charge on any atom is 0.105 e. The van der Waals surface area contributed by atoms with Gasteiger partial charge in [-0.3, -0.25) is 4.98 Å². The van der Waals surface area contributed by atoms with E-state index in [9.17, 15) is 0 Å². The molecule has 3 nitrogen and oxygen atoms in total. The van der Waals surface area contributed by atoms with Crippen molar-refractivity contribution in [3.63, 3.8) is 0 Å². The summed E-state index contributed by atoms with van der Waals surface area (Å²) in [6.45, 7) is 2.81. The van der Waals surface area contributed by atoms with E-state index in [1.165, 1.54) is 5.56 Å². The zero-order valence-electron chi connectivity index (χ0n) is 7.81. The van der Waals surface area contributed by atoms with Crippen LogP contribution < -0.4 is 0 Å². The summed E-state index contributed by atoms with van der Waals surface area (Å²) >= 11 is 3.40. The lowest BCUT2D eigenvalue weighted by Crippen LogP contribution is -2.00. The van der Waals surface area contributed by atoms with E-state index in [2.05, 4.69) is 36.5 Å². The second-order valence-electron chi connectivity index (χ2n) is 3.11. The Morgan fingerprint density at radius 3 is 2.93 bits per heavy atom. The van der Waals surface area contributed by atoms with Gasteiger partial charge in [-0.2, -0.15) is 0 Å². The summed E-state index contributed by atoms with van der Waals surface area (Å²) in [4.78, 5) is 8.28. The SMILES string of the molecule is Cc1nccn1Cc1cncc(Br)c1. The van der Waals surface area contributed by atoms with Gasteiger partial charge in [-0.05, 0) is 34.5 Å². The van der Waals surface area contributed by atoms with Crippen molar-refractivity contribution >= 4 is 15.9 Å². The van der Waals surface area contributed by atoms with Crippen molar-refractivity contribution in [2.75, 3.05) is 0 Å². The van der Waals surface area contributed by atoms with E-state index in [-0.39, 0.29) is 0 Å². The maximum atomic E-state index is 4.17. The smallest absolute Gasteiger partial charge is 0.105 e. The van der Waals surface area contributed by atoms with Crippen LogP contribution in [0.1, 0.15) is 11.4 Å². The van der Waals surface area contributed by atoms with E-state index < -0.39 is 0 Å². The van der Waals surface area contributed by atoms with E-state index in [0.717, 1.165) is 16.8 Å². The molecule has 0 aliphatic heterocycles. The first-order valence-electron chi connectivity index (χ1n) is 4.33. The average Bonchev–Trinajstić information content (AvgIpc) is 2.52. The molecule has 0 radical (unpaired) electrons. The normalized spacial score (nSPS) is 10.4. The molecule has 2 rings (SSSR count). The molecule has 0 aromatic carbocycles. The second kappa shape index (κ2) is 3.92. The van der Waals surface area contributed by atoms with Gasteiger partial charge in [-0.25, -0.2) is 4.98 Å². The zero-order valence-corrected chi connectivity index (χ0v) is 9.40. The van der Waals surface area contributed by atoms with Crippen molar-refractivity contribution in [1.82, 2.24) is 14.5 Å². The van der Waals surface area contributed by atoms with Gasteiger partial charge in [0.15, 0.2) is 0 Å². The first kappa shape index (κ1) is 9.40. The molecule has 4 heteroatoms. The summed E-state index contributed by atoms with van der Waals surface area (Å²) in [6.07, 6.45) is 7.42. The number of halogens is 1. The molecule has 0 saturated heterocycles. The molecule has 0 spiro atoms. The largest absolute Gasteiger partial charge is 0.331 e. The lowest BCUT2D eigenvalue weighted by atomic mass is 10.3. The quantitative estimate of drug-likeness (QED) is 0.821. The van der Waals surface area contributed by atoms with Crippen LogP contribution in [0.4, 0.5) is 0 Å². The topological polar surface area (TPSA) is 30.7 Å². The maximum absolute atomic E-state index is 4.17. The third-order valence-corrected chi connectivity index (χ3v) is 2.47. The molecule has 0 unspecified atom stereocenters. The summed E-state index contributed by atoms with van der Waals surface area (Å²) in [5, 5.41) is 0. The second-order valence-corrected chi connectivity index (χ2v) is 4.03. The third kappa shape index (κ3) is 2.01. The molecule has 0 saturated carbocycles. The third-order valence-electron chi connectivity index (χ3n) is 2.04. The molecule has 0 amide bonds. The number of hydrogen-bond acceptors (Lipinski definition) is 2. The molecule has 2 heterocycles. The van der Waals surface area contributed by atoms with Crippen LogP contribution in [-0.4, -0.2) is 14.5 Å². The standard InChI is InChI=1S/C10H10BrN3/c1-8-13-2-3-14(8)7-9-4-10(11)6-12-5-9/h2-6H,7H2,1H3. The van der Waals surface area contributed by atoms with Crippen molar-refractivity contribution < 1.29 is 0 Å². The van der Waals surface area contributed by atoms with Crippen molar-refractivity contribution in [1.29, 1.82) is 0 Å². The van der Waals surface area contributed by atoms with Crippen LogP contribution in [0.5, 0.6) is 0 Å². The fourth-order valence-electron chi connectivity index (χ4n) is 1.31. The van der Waals surface area contributed by atoms with Crippen LogP contribution in [0, 0.1) is 6.92 Å². The minimum atomic E-state index is 0.818. The number of imidazole rings is 1. The highest BCUT2D eigenvalue weighted by Gasteiger charge is 1.99. The van der Waals surface area contributed by atoms with Gasteiger partial charge in [0.2, 0.25) is 0 Å². The number of hydrogen-bond donors (Lipinski definition) is 0. The van der Waals surface area contributed by atoms with Crippen LogP contribution in [0.2, 0.25) is 0 Å². The molecule has 0 atom stereocenters. The van der Waals surface area contributed by atoms with E-state index in [1.54, 1.807) is 12.4 Å². The zero-order chi connectivity index (χ0) is 9.97. The fourth-order valence-corrected chi connectivity index (χ4v) is 1.72. The van der Waals surface area contributed by atoms with Crippen molar-refractivity contribution in [3.05, 3.63) is 46.7 Å². The van der Waals surface area contributed by atoms with Crippen LogP contribution >= 0.6 is 15.9 Å². The Kier molecular flexibility index (Phi) is 2.63. The molecule has 2 aromatic rings. The molecule has 72 valence electrons. The van der Waals surface area contributed by atoms with E-state index in [0.29, 0.717) is 0 Å². The summed E-state index contributed by atoms with van der Waals surface area (Å²) in [5.74, 6) is 1.02. The van der Waals surface area contributed by atoms with Crippen LogP contribution in [0.15, 0.2) is 35.3 Å². The summed E-state index contributed by atoms with van der Waals surface area (Å²) in [6, 6.07) is 2.06. The Morgan fingerprint density at radius 1 is 1.43 bits per heavy atom. The number of aryl methyl sites for hydroxylation is 1. The molecular weight excluding hydrogens is 242 g/mol. The number of nitrogens with zero attached hydrogens (tertiary/aromatic N) is 3. The average molecular weight is 252 g/mol. The van der Waals surface area contributed by atoms with Gasteiger partial charge < -0.3 is 4.57 Å². The Hall–Kier alpha value is -1.16. The molecule has 0 bridgehead atoms. The van der Waals surface area contributed by atoms with Gasteiger partial charge in [0.25, 0.3) is 0 Å². The van der Waals surface area contributed by atoms with Crippen molar-refractivity contribution in [2.24, 2.45) is 0 Å². The summed E-state index contributed by atoms with van der Waals surface area (Å²) < 4.78 is 3.09. The van der Waals surface area contributed by atoms with Gasteiger partial charge in [-0.1, -0.05) is 0 Å². The summed E-state index contributed by atoms with van der Waals surface area (Å²) in [5.41, 5.74) is 1.17. The minimum Gasteiger partial charge on any atom is -0.331 e. The van der Waals surface area contributed by atoms with Crippen LogP contribution in [-0.2, 0) is 6.54 Å². The molecular formula is C10H10BrN3. The monoisotopic (exact) mass is 251 g/mol. The Balaban J connectivity index is 2.23. The van der Waals surface area contributed by atoms with Gasteiger partial charge >= 0.3 is 0 Å². The van der Waals surface area contributed by atoms with Crippen LogP contribution in [0.3, 0.4) is 0 Å². The molecule has 0 N–H and O–H groups in total. The first-order valence-corrected chi connectivity index (χ1v) is 5.12. The first-order chi connectivity index (χ1) is 6.75. The highest BCUT2D eigenvalue weighted by atomic mass is 79.9. The molecule has 14 heavy (non-hydrogen) atoms. The van der Waals surface area contributed by atoms with Crippen molar-refractivity contribution in [3.8, 4) is 0 Å². The predicted molar refractivity (Wildman–Crippen MR) is 58.0 cm³/mol. The molecule has 0 aliphatic carbocycles. The number of rotatable bonds is 2. The minimum absolute atomic E-state index is 0.818. The van der Waals surface area contributed by atoms with E-state index in [4.69, 9.17) is 0 Å². The molecule has 0 aliphatic rings. The fraction of sp³-hybridized carbons (Fsp3) is 0.200. The predicted octanol–water partition coefficient (Wildman–Crippen LogP) is 2.40. The van der Waals surface area contributed by atoms with Gasteiger partial charge in [-0.15, -0.1) is 0 Å². The van der Waals surface area contributed by atoms with E-state index in [1.807, 2.05) is 19.3 Å². The lowest BCUT2D eigenvalue weighted by molar-refractivity contribution is 0.758. The highest BCUT2D eigenvalue weighted by Crippen LogP contribution is 2.11. The van der Waals surface area contributed by atoms with Gasteiger partial charge in [0.1, 0.15) is 5.82 Å². The Labute approximate surface area is 90.9 Å².